The molecule has 0 fully saturated rings. The summed E-state index contributed by atoms with van der Waals surface area (Å²) in [6, 6.07) is 0. The Kier molecular flexibility index (Phi) is 5.22. The molecule has 0 aliphatic rings. The van der Waals surface area contributed by atoms with Gasteiger partial charge in [-0.1, -0.05) is 6.92 Å². The maximum absolute atomic E-state index is 8.79. The third kappa shape index (κ3) is 3.89. The topological polar surface area (TPSA) is 36.4 Å². The number of nitrogens with zero attached hydrogens (tertiary/aromatic N) is 2. The van der Waals surface area contributed by atoms with Crippen LogP contribution in [-0.4, -0.2) is 34.7 Å². The summed E-state index contributed by atoms with van der Waals surface area (Å²) in [6.07, 6.45) is 0.844. The molecule has 0 aliphatic carbocycles. The maximum atomic E-state index is 8.79. The second-order valence-corrected chi connectivity index (χ2v) is 4.98. The van der Waals surface area contributed by atoms with Gasteiger partial charge in [-0.25, -0.2) is 4.98 Å². The van der Waals surface area contributed by atoms with Crippen molar-refractivity contribution in [2.75, 3.05) is 19.7 Å². The molecule has 0 bridgehead atoms. The van der Waals surface area contributed by atoms with Crippen molar-refractivity contribution in [2.24, 2.45) is 0 Å². The second-order valence-electron chi connectivity index (χ2n) is 3.70. The van der Waals surface area contributed by atoms with Crippen molar-refractivity contribution >= 4 is 11.3 Å². The zero-order valence-electron chi connectivity index (χ0n) is 9.79. The highest BCUT2D eigenvalue weighted by Gasteiger charge is 2.08. The van der Waals surface area contributed by atoms with Crippen LogP contribution in [0.2, 0.25) is 0 Å². The predicted molar refractivity (Wildman–Crippen MR) is 64.2 cm³/mol. The Balaban J connectivity index is 2.50. The van der Waals surface area contributed by atoms with E-state index in [1.165, 1.54) is 9.88 Å². The first-order valence-corrected chi connectivity index (χ1v) is 6.25. The van der Waals surface area contributed by atoms with E-state index < -0.39 is 0 Å². The van der Waals surface area contributed by atoms with E-state index in [0.717, 1.165) is 31.7 Å². The number of hydrogen-bond donors (Lipinski definition) is 1. The number of aryl methyl sites for hydroxylation is 2. The van der Waals surface area contributed by atoms with Crippen molar-refractivity contribution in [3.05, 3.63) is 15.6 Å². The summed E-state index contributed by atoms with van der Waals surface area (Å²) in [7, 11) is 0. The van der Waals surface area contributed by atoms with Crippen molar-refractivity contribution in [1.82, 2.24) is 9.88 Å². The lowest BCUT2D eigenvalue weighted by atomic mass is 10.4. The highest BCUT2D eigenvalue weighted by atomic mass is 32.1. The van der Waals surface area contributed by atoms with E-state index in [9.17, 15) is 0 Å². The lowest BCUT2D eigenvalue weighted by Crippen LogP contribution is -2.24. The third-order valence-corrected chi connectivity index (χ3v) is 3.57. The summed E-state index contributed by atoms with van der Waals surface area (Å²) in [5.41, 5.74) is 1.15. The molecule has 0 saturated heterocycles. The van der Waals surface area contributed by atoms with Crippen LogP contribution in [-0.2, 0) is 6.54 Å². The SMILES string of the molecule is CCN(CCCO)Cc1nc(C)c(C)s1. The zero-order chi connectivity index (χ0) is 11.3. The average molecular weight is 228 g/mol. The largest absolute Gasteiger partial charge is 0.396 e. The van der Waals surface area contributed by atoms with Crippen molar-refractivity contribution in [3.63, 3.8) is 0 Å². The lowest BCUT2D eigenvalue weighted by Gasteiger charge is -2.17. The molecule has 0 amide bonds. The van der Waals surface area contributed by atoms with Gasteiger partial charge in [-0.2, -0.15) is 0 Å². The second kappa shape index (κ2) is 6.20. The van der Waals surface area contributed by atoms with Gasteiger partial charge in [0, 0.05) is 18.0 Å². The molecule has 0 saturated carbocycles. The minimum atomic E-state index is 0.270. The number of aliphatic hydroxyl groups excluding tert-OH is 1. The molecule has 86 valence electrons. The van der Waals surface area contributed by atoms with E-state index in [0.29, 0.717) is 0 Å². The van der Waals surface area contributed by atoms with E-state index in [2.05, 4.69) is 30.7 Å². The summed E-state index contributed by atoms with van der Waals surface area (Å²) >= 11 is 1.78. The molecule has 4 heteroatoms. The molecule has 0 atom stereocenters. The number of thiazole rings is 1. The van der Waals surface area contributed by atoms with Crippen LogP contribution in [0.4, 0.5) is 0 Å². The molecule has 1 rings (SSSR count). The van der Waals surface area contributed by atoms with Crippen LogP contribution >= 0.6 is 11.3 Å². The van der Waals surface area contributed by atoms with Crippen LogP contribution in [0.5, 0.6) is 0 Å². The van der Waals surface area contributed by atoms with Crippen molar-refractivity contribution in [3.8, 4) is 0 Å². The van der Waals surface area contributed by atoms with Crippen LogP contribution in [0.1, 0.15) is 28.9 Å². The number of rotatable bonds is 6. The van der Waals surface area contributed by atoms with Crippen LogP contribution in [0.3, 0.4) is 0 Å². The van der Waals surface area contributed by atoms with Crippen molar-refractivity contribution in [1.29, 1.82) is 0 Å². The van der Waals surface area contributed by atoms with Crippen LogP contribution in [0.15, 0.2) is 0 Å². The van der Waals surface area contributed by atoms with E-state index >= 15 is 0 Å². The molecule has 3 nitrogen and oxygen atoms in total. The standard InChI is InChI=1S/C11H20N2OS/c1-4-13(6-5-7-14)8-11-12-9(2)10(3)15-11/h14H,4-8H2,1-3H3. The Bertz CT molecular complexity index is 279. The van der Waals surface area contributed by atoms with Crippen LogP contribution in [0, 0.1) is 13.8 Å². The maximum Gasteiger partial charge on any atom is 0.107 e. The van der Waals surface area contributed by atoms with E-state index in [4.69, 9.17) is 5.11 Å². The van der Waals surface area contributed by atoms with Crippen molar-refractivity contribution < 1.29 is 5.11 Å². The molecule has 1 aromatic rings. The van der Waals surface area contributed by atoms with Crippen molar-refractivity contribution in [2.45, 2.75) is 33.7 Å². The highest BCUT2D eigenvalue weighted by molar-refractivity contribution is 7.11. The normalized spacial score (nSPS) is 11.3. The Labute approximate surface area is 95.8 Å². The molecule has 0 aromatic carbocycles. The summed E-state index contributed by atoms with van der Waals surface area (Å²) < 4.78 is 0. The monoisotopic (exact) mass is 228 g/mol. The smallest absolute Gasteiger partial charge is 0.107 e. The van der Waals surface area contributed by atoms with E-state index in [1.807, 2.05) is 0 Å². The highest BCUT2D eigenvalue weighted by Crippen LogP contribution is 2.17. The summed E-state index contributed by atoms with van der Waals surface area (Å²) in [6.45, 7) is 9.45. The quantitative estimate of drug-likeness (QED) is 0.808. The average Bonchev–Trinajstić information content (AvgIpc) is 2.53. The Morgan fingerprint density at radius 2 is 2.13 bits per heavy atom. The van der Waals surface area contributed by atoms with Gasteiger partial charge >= 0.3 is 0 Å². The Morgan fingerprint density at radius 1 is 1.40 bits per heavy atom. The molecule has 0 aliphatic heterocycles. The molecule has 1 N–H and O–H groups in total. The first-order chi connectivity index (χ1) is 7.17. The fraction of sp³-hybridized carbons (Fsp3) is 0.727. The zero-order valence-corrected chi connectivity index (χ0v) is 10.6. The minimum Gasteiger partial charge on any atom is -0.396 e. The molecular weight excluding hydrogens is 208 g/mol. The van der Waals surface area contributed by atoms with Gasteiger partial charge in [-0.3, -0.25) is 4.90 Å². The van der Waals surface area contributed by atoms with Gasteiger partial charge < -0.3 is 5.11 Å². The van der Waals surface area contributed by atoms with E-state index in [-0.39, 0.29) is 6.61 Å². The van der Waals surface area contributed by atoms with Gasteiger partial charge in [0.2, 0.25) is 0 Å². The minimum absolute atomic E-state index is 0.270. The summed E-state index contributed by atoms with van der Waals surface area (Å²) in [4.78, 5) is 8.14. The van der Waals surface area contributed by atoms with Crippen LogP contribution in [0.25, 0.3) is 0 Å². The molecule has 15 heavy (non-hydrogen) atoms. The summed E-state index contributed by atoms with van der Waals surface area (Å²) in [5.74, 6) is 0. The molecule has 0 radical (unpaired) electrons. The fourth-order valence-electron chi connectivity index (χ4n) is 1.44. The lowest BCUT2D eigenvalue weighted by molar-refractivity contribution is 0.225. The van der Waals surface area contributed by atoms with Gasteiger partial charge in [-0.15, -0.1) is 11.3 Å². The first-order valence-electron chi connectivity index (χ1n) is 5.43. The molecule has 0 spiro atoms. The van der Waals surface area contributed by atoms with Gasteiger partial charge in [0.1, 0.15) is 5.01 Å². The number of aromatic nitrogens is 1. The van der Waals surface area contributed by atoms with Crippen LogP contribution < -0.4 is 0 Å². The molecule has 0 unspecified atom stereocenters. The predicted octanol–water partition coefficient (Wildman–Crippen LogP) is 1.96. The fourth-order valence-corrected chi connectivity index (χ4v) is 2.42. The molecular formula is C11H20N2OS. The first kappa shape index (κ1) is 12.6. The molecule has 1 heterocycles. The molecule has 1 aromatic heterocycles. The van der Waals surface area contributed by atoms with E-state index in [1.54, 1.807) is 11.3 Å². The van der Waals surface area contributed by atoms with Gasteiger partial charge in [0.25, 0.3) is 0 Å². The van der Waals surface area contributed by atoms with Gasteiger partial charge in [0.15, 0.2) is 0 Å². The summed E-state index contributed by atoms with van der Waals surface area (Å²) in [5, 5.41) is 9.97. The Morgan fingerprint density at radius 3 is 2.60 bits per heavy atom. The number of aliphatic hydroxyl groups is 1. The van der Waals surface area contributed by atoms with Gasteiger partial charge in [-0.05, 0) is 26.8 Å². The third-order valence-electron chi connectivity index (χ3n) is 2.51. The Hall–Kier alpha value is -0.450. The number of hydrogen-bond acceptors (Lipinski definition) is 4. The van der Waals surface area contributed by atoms with Gasteiger partial charge in [0.05, 0.1) is 12.2 Å².